The van der Waals surface area contributed by atoms with Crippen molar-refractivity contribution in [2.75, 3.05) is 0 Å². The molecule has 1 heterocycles. The van der Waals surface area contributed by atoms with Gasteiger partial charge < -0.3 is 10.4 Å². The fraction of sp³-hybridized carbons (Fsp3) is 0.182. The summed E-state index contributed by atoms with van der Waals surface area (Å²) in [6.45, 7) is 1.48. The largest absolute Gasteiger partial charge is 0.506 e. The van der Waals surface area contributed by atoms with Crippen molar-refractivity contribution < 1.29 is 5.11 Å². The van der Waals surface area contributed by atoms with Crippen molar-refractivity contribution in [2.45, 2.75) is 13.1 Å². The molecule has 17 heavy (non-hydrogen) atoms. The second kappa shape index (κ2) is 5.66. The highest BCUT2D eigenvalue weighted by molar-refractivity contribution is 9.11. The van der Waals surface area contributed by atoms with E-state index in [1.165, 1.54) is 0 Å². The number of hydrogen-bond acceptors (Lipinski definition) is 3. The Morgan fingerprint density at radius 3 is 2.41 bits per heavy atom. The molecule has 0 radical (unpaired) electrons. The van der Waals surface area contributed by atoms with Gasteiger partial charge in [-0.25, -0.2) is 0 Å². The Bertz CT molecular complexity index is 476. The van der Waals surface area contributed by atoms with E-state index >= 15 is 0 Å². The number of phenolic OH excluding ortho intramolecular Hbond substituents is 1. The third-order valence-corrected chi connectivity index (χ3v) is 3.50. The molecule has 0 amide bonds. The van der Waals surface area contributed by atoms with E-state index in [2.05, 4.69) is 47.4 Å². The normalized spacial score (nSPS) is 10.7. The second-order valence-electron chi connectivity index (χ2n) is 3.62. The number of hydrogen-bond donors (Lipinski definition) is 3. The van der Waals surface area contributed by atoms with Crippen LogP contribution >= 0.6 is 31.9 Å². The van der Waals surface area contributed by atoms with Crippen molar-refractivity contribution >= 4 is 31.9 Å². The van der Waals surface area contributed by atoms with Gasteiger partial charge >= 0.3 is 0 Å². The first-order valence-electron chi connectivity index (χ1n) is 5.02. The van der Waals surface area contributed by atoms with Crippen molar-refractivity contribution in [3.05, 3.63) is 44.6 Å². The molecule has 0 unspecified atom stereocenters. The standard InChI is InChI=1S/C11H11Br2N3O/c12-9-1-7(2-10(13)11(9)17)3-14-4-8-5-15-16-6-8/h1-2,5-6,14,17H,3-4H2,(H,15,16). The molecule has 0 atom stereocenters. The highest BCUT2D eigenvalue weighted by Crippen LogP contribution is 2.33. The van der Waals surface area contributed by atoms with Crippen LogP contribution in [0.15, 0.2) is 33.5 Å². The number of H-pyrrole nitrogens is 1. The van der Waals surface area contributed by atoms with E-state index < -0.39 is 0 Å². The molecule has 0 aliphatic carbocycles. The van der Waals surface area contributed by atoms with Crippen LogP contribution < -0.4 is 5.32 Å². The van der Waals surface area contributed by atoms with Crippen LogP contribution in [0.2, 0.25) is 0 Å². The molecule has 0 aliphatic rings. The third-order valence-electron chi connectivity index (χ3n) is 2.29. The van der Waals surface area contributed by atoms with Gasteiger partial charge in [-0.15, -0.1) is 0 Å². The zero-order valence-electron chi connectivity index (χ0n) is 8.87. The molecular formula is C11H11Br2N3O. The summed E-state index contributed by atoms with van der Waals surface area (Å²) in [5.41, 5.74) is 2.20. The third kappa shape index (κ3) is 3.31. The van der Waals surface area contributed by atoms with Crippen LogP contribution in [0.1, 0.15) is 11.1 Å². The van der Waals surface area contributed by atoms with E-state index in [0.29, 0.717) is 8.95 Å². The second-order valence-corrected chi connectivity index (χ2v) is 5.33. The maximum Gasteiger partial charge on any atom is 0.143 e. The molecule has 6 heteroatoms. The quantitative estimate of drug-likeness (QED) is 0.785. The Morgan fingerprint density at radius 2 is 1.82 bits per heavy atom. The van der Waals surface area contributed by atoms with Crippen molar-refractivity contribution in [2.24, 2.45) is 0 Å². The lowest BCUT2D eigenvalue weighted by molar-refractivity contribution is 0.468. The van der Waals surface area contributed by atoms with Gasteiger partial charge in [0.2, 0.25) is 0 Å². The molecule has 0 spiro atoms. The molecule has 3 N–H and O–H groups in total. The topological polar surface area (TPSA) is 60.9 Å². The van der Waals surface area contributed by atoms with Crippen LogP contribution in [0.3, 0.4) is 0 Å². The summed E-state index contributed by atoms with van der Waals surface area (Å²) in [5.74, 6) is 0.226. The average molecular weight is 361 g/mol. The van der Waals surface area contributed by atoms with Gasteiger partial charge in [0.15, 0.2) is 0 Å². The zero-order chi connectivity index (χ0) is 12.3. The van der Waals surface area contributed by atoms with Crippen molar-refractivity contribution in [1.82, 2.24) is 15.5 Å². The minimum Gasteiger partial charge on any atom is -0.506 e. The lowest BCUT2D eigenvalue weighted by Gasteiger charge is -2.07. The maximum absolute atomic E-state index is 9.58. The van der Waals surface area contributed by atoms with Crippen LogP contribution in [0.4, 0.5) is 0 Å². The van der Waals surface area contributed by atoms with E-state index in [1.54, 1.807) is 6.20 Å². The first-order valence-corrected chi connectivity index (χ1v) is 6.60. The zero-order valence-corrected chi connectivity index (χ0v) is 12.0. The van der Waals surface area contributed by atoms with E-state index in [9.17, 15) is 5.11 Å². The molecule has 0 fully saturated rings. The van der Waals surface area contributed by atoms with Crippen LogP contribution in [-0.2, 0) is 13.1 Å². The summed E-state index contributed by atoms with van der Waals surface area (Å²) in [6.07, 6.45) is 3.64. The number of benzene rings is 1. The highest BCUT2D eigenvalue weighted by Gasteiger charge is 2.05. The van der Waals surface area contributed by atoms with E-state index in [4.69, 9.17) is 0 Å². The van der Waals surface area contributed by atoms with Gasteiger partial charge in [-0.3, -0.25) is 5.10 Å². The summed E-state index contributed by atoms with van der Waals surface area (Å²) >= 11 is 6.61. The van der Waals surface area contributed by atoms with Gasteiger partial charge in [0.1, 0.15) is 5.75 Å². The number of aromatic nitrogens is 2. The van der Waals surface area contributed by atoms with Crippen LogP contribution in [0.5, 0.6) is 5.75 Å². The van der Waals surface area contributed by atoms with Crippen LogP contribution in [-0.4, -0.2) is 15.3 Å². The predicted octanol–water partition coefficient (Wildman–Crippen LogP) is 2.93. The first-order chi connectivity index (χ1) is 8.16. The van der Waals surface area contributed by atoms with Gasteiger partial charge in [0.05, 0.1) is 15.1 Å². The van der Waals surface area contributed by atoms with Crippen LogP contribution in [0.25, 0.3) is 0 Å². The molecular weight excluding hydrogens is 350 g/mol. The van der Waals surface area contributed by atoms with Gasteiger partial charge in [-0.2, -0.15) is 5.10 Å². The number of nitrogens with zero attached hydrogens (tertiary/aromatic N) is 1. The van der Waals surface area contributed by atoms with Crippen molar-refractivity contribution in [3.63, 3.8) is 0 Å². The van der Waals surface area contributed by atoms with Gasteiger partial charge in [0.25, 0.3) is 0 Å². The monoisotopic (exact) mass is 359 g/mol. The SMILES string of the molecule is Oc1c(Br)cc(CNCc2cn[nH]c2)cc1Br. The fourth-order valence-electron chi connectivity index (χ4n) is 1.45. The number of aromatic hydroxyl groups is 1. The molecule has 0 aliphatic heterocycles. The maximum atomic E-state index is 9.58. The first kappa shape index (κ1) is 12.6. The van der Waals surface area contributed by atoms with Gasteiger partial charge in [-0.05, 0) is 49.6 Å². The summed E-state index contributed by atoms with van der Waals surface area (Å²) < 4.78 is 1.37. The lowest BCUT2D eigenvalue weighted by Crippen LogP contribution is -2.12. The molecule has 0 saturated heterocycles. The Hall–Kier alpha value is -0.850. The molecule has 1 aromatic heterocycles. The number of aromatic amines is 1. The Kier molecular flexibility index (Phi) is 4.20. The van der Waals surface area contributed by atoms with E-state index in [-0.39, 0.29) is 5.75 Å². The van der Waals surface area contributed by atoms with E-state index in [0.717, 1.165) is 24.2 Å². The summed E-state index contributed by atoms with van der Waals surface area (Å²) in [4.78, 5) is 0. The Balaban J connectivity index is 1.95. The summed E-state index contributed by atoms with van der Waals surface area (Å²) in [5, 5.41) is 19.5. The summed E-state index contributed by atoms with van der Waals surface area (Å²) in [7, 11) is 0. The smallest absolute Gasteiger partial charge is 0.143 e. The average Bonchev–Trinajstić information content (AvgIpc) is 2.79. The lowest BCUT2D eigenvalue weighted by atomic mass is 10.2. The number of phenols is 1. The number of rotatable bonds is 4. The minimum atomic E-state index is 0.226. The molecule has 2 aromatic rings. The molecule has 2 rings (SSSR count). The molecule has 4 nitrogen and oxygen atoms in total. The fourth-order valence-corrected chi connectivity index (χ4v) is 2.73. The van der Waals surface area contributed by atoms with Gasteiger partial charge in [0, 0.05) is 24.8 Å². The van der Waals surface area contributed by atoms with Crippen molar-refractivity contribution in [3.8, 4) is 5.75 Å². The minimum absolute atomic E-state index is 0.226. The molecule has 0 saturated carbocycles. The Labute approximate surface area is 116 Å². The summed E-state index contributed by atoms with van der Waals surface area (Å²) in [6, 6.07) is 3.78. The Morgan fingerprint density at radius 1 is 1.18 bits per heavy atom. The number of nitrogens with one attached hydrogen (secondary N) is 2. The highest BCUT2D eigenvalue weighted by atomic mass is 79.9. The van der Waals surface area contributed by atoms with Gasteiger partial charge in [-0.1, -0.05) is 0 Å². The van der Waals surface area contributed by atoms with Crippen molar-refractivity contribution in [1.29, 1.82) is 0 Å². The number of halogens is 2. The predicted molar refractivity (Wildman–Crippen MR) is 72.6 cm³/mol. The van der Waals surface area contributed by atoms with E-state index in [1.807, 2.05) is 18.3 Å². The van der Waals surface area contributed by atoms with Crippen LogP contribution in [0, 0.1) is 0 Å². The molecule has 90 valence electrons. The molecule has 1 aromatic carbocycles. The molecule has 0 bridgehead atoms.